The van der Waals surface area contributed by atoms with Crippen LogP contribution in [0.15, 0.2) is 23.9 Å². The quantitative estimate of drug-likeness (QED) is 0.0410. The SMILES string of the molecule is CCCCCCCCOOC/C(C#N)=C/C=C/N(CCCCCCCC)CCCCCCCC. The van der Waals surface area contributed by atoms with E-state index in [0.29, 0.717) is 12.2 Å². The number of rotatable bonds is 26. The Kier molecular flexibility index (Phi) is 26.9. The van der Waals surface area contributed by atoms with Crippen LogP contribution in [0.25, 0.3) is 0 Å². The molecule has 0 fully saturated rings. The second-order valence-corrected chi connectivity index (χ2v) is 9.57. The lowest BCUT2D eigenvalue weighted by Crippen LogP contribution is -2.20. The Hall–Kier alpha value is -1.31. The molecule has 0 aliphatic carbocycles. The van der Waals surface area contributed by atoms with E-state index in [0.717, 1.165) is 19.5 Å². The molecule has 0 aromatic heterocycles. The summed E-state index contributed by atoms with van der Waals surface area (Å²) < 4.78 is 0. The largest absolute Gasteiger partial charge is 0.377 e. The first-order valence-corrected chi connectivity index (χ1v) is 14.5. The molecule has 198 valence electrons. The molecule has 0 aromatic rings. The molecule has 0 N–H and O–H groups in total. The summed E-state index contributed by atoms with van der Waals surface area (Å²) in [6, 6.07) is 2.23. The Bertz CT molecular complexity index is 494. The van der Waals surface area contributed by atoms with Crippen molar-refractivity contribution in [2.24, 2.45) is 0 Å². The van der Waals surface area contributed by atoms with E-state index in [-0.39, 0.29) is 6.61 Å². The van der Waals surface area contributed by atoms with Gasteiger partial charge in [0.05, 0.1) is 18.2 Å². The maximum Gasteiger partial charge on any atom is 0.117 e. The lowest BCUT2D eigenvalue weighted by molar-refractivity contribution is -0.287. The second-order valence-electron chi connectivity index (χ2n) is 9.57. The topological polar surface area (TPSA) is 45.5 Å². The molecule has 0 spiro atoms. The first kappa shape index (κ1) is 32.7. The molecule has 0 saturated heterocycles. The highest BCUT2D eigenvalue weighted by Gasteiger charge is 2.01. The van der Waals surface area contributed by atoms with E-state index in [2.05, 4.69) is 37.9 Å². The summed E-state index contributed by atoms with van der Waals surface area (Å²) in [5, 5.41) is 9.40. The predicted molar refractivity (Wildman–Crippen MR) is 146 cm³/mol. The summed E-state index contributed by atoms with van der Waals surface area (Å²) in [5.41, 5.74) is 0.596. The van der Waals surface area contributed by atoms with Crippen molar-refractivity contribution < 1.29 is 9.78 Å². The lowest BCUT2D eigenvalue weighted by atomic mass is 10.1. The van der Waals surface area contributed by atoms with E-state index < -0.39 is 0 Å². The van der Waals surface area contributed by atoms with Gasteiger partial charge in [-0.05, 0) is 37.6 Å². The highest BCUT2D eigenvalue weighted by atomic mass is 17.2. The molecule has 0 rings (SSSR count). The van der Waals surface area contributed by atoms with Crippen LogP contribution in [0.2, 0.25) is 0 Å². The van der Waals surface area contributed by atoms with Gasteiger partial charge in [0.1, 0.15) is 6.61 Å². The van der Waals surface area contributed by atoms with E-state index >= 15 is 0 Å². The highest BCUT2D eigenvalue weighted by Crippen LogP contribution is 2.10. The molecule has 0 aromatic carbocycles. The van der Waals surface area contributed by atoms with E-state index in [1.54, 1.807) is 0 Å². The van der Waals surface area contributed by atoms with Crippen molar-refractivity contribution in [3.8, 4) is 6.07 Å². The van der Waals surface area contributed by atoms with Crippen LogP contribution in [0.5, 0.6) is 0 Å². The molecule has 0 aliphatic rings. The molecule has 0 amide bonds. The third kappa shape index (κ3) is 23.8. The number of hydrogen-bond donors (Lipinski definition) is 0. The number of nitriles is 1. The summed E-state index contributed by atoms with van der Waals surface area (Å²) >= 11 is 0. The highest BCUT2D eigenvalue weighted by molar-refractivity contribution is 5.25. The molecule has 4 heteroatoms. The molecular formula is C30H56N2O2. The van der Waals surface area contributed by atoms with Gasteiger partial charge < -0.3 is 4.90 Å². The van der Waals surface area contributed by atoms with Crippen molar-refractivity contribution in [1.29, 1.82) is 5.26 Å². The minimum absolute atomic E-state index is 0.214. The summed E-state index contributed by atoms with van der Waals surface area (Å²) in [4.78, 5) is 12.9. The minimum Gasteiger partial charge on any atom is -0.377 e. The van der Waals surface area contributed by atoms with Crippen LogP contribution in [0.4, 0.5) is 0 Å². The molecular weight excluding hydrogens is 420 g/mol. The normalized spacial score (nSPS) is 11.9. The zero-order valence-electron chi connectivity index (χ0n) is 23.0. The van der Waals surface area contributed by atoms with Gasteiger partial charge >= 0.3 is 0 Å². The van der Waals surface area contributed by atoms with Crippen molar-refractivity contribution in [2.45, 2.75) is 136 Å². The lowest BCUT2D eigenvalue weighted by Gasteiger charge is -2.20. The maximum atomic E-state index is 9.40. The van der Waals surface area contributed by atoms with E-state index in [9.17, 15) is 5.26 Å². The second kappa shape index (κ2) is 27.9. The molecule has 0 saturated carbocycles. The van der Waals surface area contributed by atoms with Gasteiger partial charge in [-0.1, -0.05) is 117 Å². The first-order chi connectivity index (χ1) is 16.8. The zero-order valence-corrected chi connectivity index (χ0v) is 23.0. The minimum atomic E-state index is 0.214. The molecule has 4 nitrogen and oxygen atoms in total. The molecule has 34 heavy (non-hydrogen) atoms. The number of allylic oxidation sites excluding steroid dienone is 2. The summed E-state index contributed by atoms with van der Waals surface area (Å²) in [5.74, 6) is 0. The van der Waals surface area contributed by atoms with Gasteiger partial charge in [0.25, 0.3) is 0 Å². The number of unbranched alkanes of at least 4 members (excludes halogenated alkanes) is 15. The summed E-state index contributed by atoms with van der Waals surface area (Å²) in [6.45, 7) is 9.79. The third-order valence-corrected chi connectivity index (χ3v) is 6.21. The van der Waals surface area contributed by atoms with Gasteiger partial charge in [-0.2, -0.15) is 5.26 Å². The molecule has 0 bridgehead atoms. The van der Waals surface area contributed by atoms with Crippen LogP contribution in [-0.4, -0.2) is 31.2 Å². The van der Waals surface area contributed by atoms with Crippen molar-refractivity contribution in [2.75, 3.05) is 26.3 Å². The fourth-order valence-corrected chi connectivity index (χ4v) is 3.96. The molecule has 0 heterocycles. The average Bonchev–Trinajstić information content (AvgIpc) is 2.85. The van der Waals surface area contributed by atoms with Crippen LogP contribution in [0, 0.1) is 11.3 Å². The molecule has 0 unspecified atom stereocenters. The van der Waals surface area contributed by atoms with Crippen molar-refractivity contribution in [3.05, 3.63) is 23.9 Å². The first-order valence-electron chi connectivity index (χ1n) is 14.5. The summed E-state index contributed by atoms with van der Waals surface area (Å²) in [6.07, 6.45) is 29.2. The fourth-order valence-electron chi connectivity index (χ4n) is 3.96. The molecule has 0 radical (unpaired) electrons. The van der Waals surface area contributed by atoms with E-state index in [1.165, 1.54) is 109 Å². The van der Waals surface area contributed by atoms with Crippen LogP contribution in [-0.2, 0) is 9.78 Å². The Morgan fingerprint density at radius 1 is 0.647 bits per heavy atom. The monoisotopic (exact) mass is 476 g/mol. The Labute approximate surface area is 212 Å². The Morgan fingerprint density at radius 2 is 1.12 bits per heavy atom. The zero-order chi connectivity index (χ0) is 25.0. The predicted octanol–water partition coefficient (Wildman–Crippen LogP) is 9.28. The molecule has 0 atom stereocenters. The average molecular weight is 477 g/mol. The van der Waals surface area contributed by atoms with Crippen LogP contribution >= 0.6 is 0 Å². The van der Waals surface area contributed by atoms with Gasteiger partial charge in [-0.25, -0.2) is 9.78 Å². The van der Waals surface area contributed by atoms with Crippen molar-refractivity contribution in [1.82, 2.24) is 4.90 Å². The maximum absolute atomic E-state index is 9.40. The number of hydrogen-bond acceptors (Lipinski definition) is 4. The van der Waals surface area contributed by atoms with E-state index in [4.69, 9.17) is 9.78 Å². The van der Waals surface area contributed by atoms with Gasteiger partial charge in [0, 0.05) is 13.1 Å². The fraction of sp³-hybridized carbons (Fsp3) is 0.833. The summed E-state index contributed by atoms with van der Waals surface area (Å²) in [7, 11) is 0. The van der Waals surface area contributed by atoms with Gasteiger partial charge in [-0.15, -0.1) is 0 Å². The van der Waals surface area contributed by atoms with Crippen molar-refractivity contribution in [3.63, 3.8) is 0 Å². The molecule has 0 aliphatic heterocycles. The third-order valence-electron chi connectivity index (χ3n) is 6.21. The Morgan fingerprint density at radius 3 is 1.62 bits per heavy atom. The van der Waals surface area contributed by atoms with Crippen molar-refractivity contribution >= 4 is 0 Å². The van der Waals surface area contributed by atoms with Gasteiger partial charge in [0.15, 0.2) is 0 Å². The van der Waals surface area contributed by atoms with Gasteiger partial charge in [0.2, 0.25) is 0 Å². The van der Waals surface area contributed by atoms with Crippen LogP contribution < -0.4 is 0 Å². The standard InChI is InChI=1S/C30H56N2O2/c1-4-7-10-13-16-19-24-32(25-20-17-14-11-8-5-2)26-22-23-30(28-31)29-34-33-27-21-18-15-12-9-6-3/h22-23,26H,4-21,24-25,27,29H2,1-3H3/b26-22+,30-23+. The number of nitrogens with zero attached hydrogens (tertiary/aromatic N) is 2. The van der Waals surface area contributed by atoms with Crippen LogP contribution in [0.1, 0.15) is 136 Å². The Balaban J connectivity index is 4.29. The van der Waals surface area contributed by atoms with Crippen LogP contribution in [0.3, 0.4) is 0 Å². The van der Waals surface area contributed by atoms with E-state index in [1.807, 2.05) is 12.2 Å². The smallest absolute Gasteiger partial charge is 0.117 e. The van der Waals surface area contributed by atoms with Gasteiger partial charge in [-0.3, -0.25) is 0 Å².